The van der Waals surface area contributed by atoms with Crippen LogP contribution < -0.4 is 11.1 Å². The monoisotopic (exact) mass is 363 g/mol. The van der Waals surface area contributed by atoms with E-state index >= 15 is 0 Å². The summed E-state index contributed by atoms with van der Waals surface area (Å²) < 4.78 is 40.5. The van der Waals surface area contributed by atoms with Gasteiger partial charge in [0.05, 0.1) is 35.5 Å². The predicted molar refractivity (Wildman–Crippen MR) is 89.8 cm³/mol. The molecule has 0 spiro atoms. The van der Waals surface area contributed by atoms with Crippen LogP contribution in [0.25, 0.3) is 0 Å². The highest BCUT2D eigenvalue weighted by molar-refractivity contribution is 5.58. The lowest BCUT2D eigenvalue weighted by Crippen LogP contribution is -2.15. The third-order valence-electron chi connectivity index (χ3n) is 3.79. The van der Waals surface area contributed by atoms with Crippen LogP contribution in [0.15, 0.2) is 30.6 Å². The highest BCUT2D eigenvalue weighted by atomic mass is 19.4. The van der Waals surface area contributed by atoms with Gasteiger partial charge in [-0.1, -0.05) is 6.07 Å². The fourth-order valence-electron chi connectivity index (χ4n) is 2.50. The van der Waals surface area contributed by atoms with Gasteiger partial charge in [-0.15, -0.1) is 0 Å². The summed E-state index contributed by atoms with van der Waals surface area (Å²) in [5.41, 5.74) is 6.36. The van der Waals surface area contributed by atoms with E-state index in [1.807, 2.05) is 25.1 Å². The maximum absolute atomic E-state index is 12.9. The minimum atomic E-state index is -4.60. The largest absolute Gasteiger partial charge is 0.421 e. The van der Waals surface area contributed by atoms with Gasteiger partial charge in [-0.2, -0.15) is 23.3 Å². The lowest BCUT2D eigenvalue weighted by Gasteiger charge is -2.13. The van der Waals surface area contributed by atoms with E-state index in [1.165, 1.54) is 6.92 Å². The second-order valence-electron chi connectivity index (χ2n) is 5.64. The Morgan fingerprint density at radius 1 is 1.19 bits per heavy atom. The third-order valence-corrected chi connectivity index (χ3v) is 3.79. The molecule has 0 unspecified atom stereocenters. The molecule has 3 aromatic heterocycles. The van der Waals surface area contributed by atoms with Crippen LogP contribution in [0.4, 0.5) is 30.6 Å². The van der Waals surface area contributed by atoms with Gasteiger partial charge in [-0.25, -0.2) is 4.98 Å². The lowest BCUT2D eigenvalue weighted by atomic mass is 10.2. The number of aromatic nitrogens is 5. The average molecular weight is 363 g/mol. The molecule has 7 nitrogen and oxygen atoms in total. The van der Waals surface area contributed by atoms with Crippen LogP contribution in [0.2, 0.25) is 0 Å². The topological polar surface area (TPSA) is 94.5 Å². The van der Waals surface area contributed by atoms with Crippen molar-refractivity contribution in [2.75, 3.05) is 11.1 Å². The van der Waals surface area contributed by atoms with E-state index in [9.17, 15) is 13.2 Å². The summed E-state index contributed by atoms with van der Waals surface area (Å²) in [5.74, 6) is -0.639. The Hall–Kier alpha value is -3.17. The number of alkyl halides is 3. The number of hydrogen-bond donors (Lipinski definition) is 2. The summed E-state index contributed by atoms with van der Waals surface area (Å²) in [4.78, 5) is 11.8. The maximum atomic E-state index is 12.9. The Kier molecular flexibility index (Phi) is 4.49. The van der Waals surface area contributed by atoms with Gasteiger partial charge < -0.3 is 11.1 Å². The van der Waals surface area contributed by atoms with Crippen LogP contribution in [0.3, 0.4) is 0 Å². The molecule has 0 aliphatic rings. The average Bonchev–Trinajstić information content (AvgIpc) is 2.87. The molecule has 0 aliphatic heterocycles. The number of nitrogen functional groups attached to an aromatic ring is 1. The fraction of sp³-hybridized carbons (Fsp3) is 0.250. The molecule has 3 N–H and O–H groups in total. The van der Waals surface area contributed by atoms with E-state index < -0.39 is 17.6 Å². The molecule has 0 aliphatic carbocycles. The van der Waals surface area contributed by atoms with E-state index in [0.717, 1.165) is 11.4 Å². The first-order valence-corrected chi connectivity index (χ1v) is 7.66. The first-order chi connectivity index (χ1) is 12.3. The molecule has 0 atom stereocenters. The number of halogens is 3. The highest BCUT2D eigenvalue weighted by Crippen LogP contribution is 2.35. The van der Waals surface area contributed by atoms with E-state index in [0.29, 0.717) is 12.2 Å². The van der Waals surface area contributed by atoms with E-state index in [2.05, 4.69) is 25.4 Å². The molecule has 0 aromatic carbocycles. The summed E-state index contributed by atoms with van der Waals surface area (Å²) in [5, 5.41) is 7.12. The van der Waals surface area contributed by atoms with Crippen molar-refractivity contribution >= 4 is 17.5 Å². The molecule has 3 heterocycles. The first-order valence-electron chi connectivity index (χ1n) is 7.66. The zero-order chi connectivity index (χ0) is 18.9. The van der Waals surface area contributed by atoms with Gasteiger partial charge in [0.15, 0.2) is 0 Å². The Labute approximate surface area is 147 Å². The summed E-state index contributed by atoms with van der Waals surface area (Å²) in [7, 11) is 0. The van der Waals surface area contributed by atoms with E-state index in [-0.39, 0.29) is 11.6 Å². The first kappa shape index (κ1) is 17.6. The van der Waals surface area contributed by atoms with Crippen LogP contribution in [0, 0.1) is 13.8 Å². The number of rotatable bonds is 4. The predicted octanol–water partition coefficient (Wildman–Crippen LogP) is 3.08. The Balaban J connectivity index is 1.84. The van der Waals surface area contributed by atoms with Crippen molar-refractivity contribution in [1.82, 2.24) is 24.7 Å². The van der Waals surface area contributed by atoms with Crippen LogP contribution in [-0.4, -0.2) is 24.7 Å². The van der Waals surface area contributed by atoms with Gasteiger partial charge in [0.1, 0.15) is 11.4 Å². The van der Waals surface area contributed by atoms with Gasteiger partial charge in [0, 0.05) is 6.20 Å². The molecule has 26 heavy (non-hydrogen) atoms. The molecule has 0 amide bonds. The quantitative estimate of drug-likeness (QED) is 0.740. The van der Waals surface area contributed by atoms with Crippen molar-refractivity contribution in [2.24, 2.45) is 0 Å². The Morgan fingerprint density at radius 2 is 1.96 bits per heavy atom. The van der Waals surface area contributed by atoms with E-state index in [1.54, 1.807) is 17.1 Å². The molecule has 3 rings (SSSR count). The second kappa shape index (κ2) is 6.62. The normalized spacial score (nSPS) is 11.6. The lowest BCUT2D eigenvalue weighted by molar-refractivity contribution is -0.137. The molecule has 0 radical (unpaired) electrons. The van der Waals surface area contributed by atoms with Crippen molar-refractivity contribution in [3.8, 4) is 0 Å². The molecule has 0 saturated heterocycles. The molecule has 136 valence electrons. The van der Waals surface area contributed by atoms with Gasteiger partial charge in [-0.3, -0.25) is 9.67 Å². The SMILES string of the molecule is Cc1nc(Nc2cnn(Cc3ccccn3)c2C)nc(N)c1C(F)(F)F. The molecule has 0 fully saturated rings. The van der Waals surface area contributed by atoms with Crippen LogP contribution >= 0.6 is 0 Å². The Morgan fingerprint density at radius 3 is 2.58 bits per heavy atom. The minimum Gasteiger partial charge on any atom is -0.383 e. The highest BCUT2D eigenvalue weighted by Gasteiger charge is 2.36. The standard InChI is InChI=1S/C16H16F3N7/c1-9-13(16(17,18)19)14(20)25-15(23-9)24-12-7-22-26(10(12)2)8-11-5-3-4-6-21-11/h3-7H,8H2,1-2H3,(H3,20,23,24,25). The number of aryl methyl sites for hydroxylation is 1. The molecule has 3 aromatic rings. The Bertz CT molecular complexity index is 896. The third kappa shape index (κ3) is 3.58. The number of nitrogens with zero attached hydrogens (tertiary/aromatic N) is 5. The molecule has 10 heteroatoms. The zero-order valence-electron chi connectivity index (χ0n) is 14.0. The number of nitrogens with one attached hydrogen (secondary N) is 1. The number of hydrogen-bond acceptors (Lipinski definition) is 6. The van der Waals surface area contributed by atoms with Gasteiger partial charge in [-0.05, 0) is 26.0 Å². The summed E-state index contributed by atoms with van der Waals surface area (Å²) in [6.45, 7) is 3.52. The molecular weight excluding hydrogens is 347 g/mol. The van der Waals surface area contributed by atoms with Gasteiger partial charge in [0.2, 0.25) is 5.95 Å². The van der Waals surface area contributed by atoms with Crippen molar-refractivity contribution in [3.05, 3.63) is 53.2 Å². The molecule has 0 saturated carbocycles. The summed E-state index contributed by atoms with van der Waals surface area (Å²) in [6, 6.07) is 5.57. The number of anilines is 3. The second-order valence-corrected chi connectivity index (χ2v) is 5.64. The summed E-state index contributed by atoms with van der Waals surface area (Å²) >= 11 is 0. The van der Waals surface area contributed by atoms with Gasteiger partial charge >= 0.3 is 6.18 Å². The maximum Gasteiger partial charge on any atom is 0.421 e. The molecule has 0 bridgehead atoms. The van der Waals surface area contributed by atoms with Gasteiger partial charge in [0.25, 0.3) is 0 Å². The minimum absolute atomic E-state index is 0.0199. The van der Waals surface area contributed by atoms with Crippen LogP contribution in [0.5, 0.6) is 0 Å². The summed E-state index contributed by atoms with van der Waals surface area (Å²) in [6.07, 6.45) is -1.37. The van der Waals surface area contributed by atoms with Crippen molar-refractivity contribution in [3.63, 3.8) is 0 Å². The fourth-order valence-corrected chi connectivity index (χ4v) is 2.50. The zero-order valence-corrected chi connectivity index (χ0v) is 14.0. The van der Waals surface area contributed by atoms with E-state index in [4.69, 9.17) is 5.73 Å². The number of pyridine rings is 1. The van der Waals surface area contributed by atoms with Crippen LogP contribution in [-0.2, 0) is 12.7 Å². The van der Waals surface area contributed by atoms with Crippen molar-refractivity contribution in [1.29, 1.82) is 0 Å². The van der Waals surface area contributed by atoms with Crippen molar-refractivity contribution in [2.45, 2.75) is 26.6 Å². The smallest absolute Gasteiger partial charge is 0.383 e. The number of nitrogens with two attached hydrogens (primary N) is 1. The molecular formula is C16H16F3N7. The van der Waals surface area contributed by atoms with Crippen molar-refractivity contribution < 1.29 is 13.2 Å². The van der Waals surface area contributed by atoms with Crippen LogP contribution in [0.1, 0.15) is 22.6 Å².